The Balaban J connectivity index is 2.18. The Morgan fingerprint density at radius 1 is 1.38 bits per heavy atom. The van der Waals surface area contributed by atoms with Gasteiger partial charge in [0.05, 0.1) is 0 Å². The fourth-order valence-corrected chi connectivity index (χ4v) is 1.28. The molecule has 1 aliphatic rings. The van der Waals surface area contributed by atoms with Crippen molar-refractivity contribution in [1.29, 1.82) is 0 Å². The predicted molar refractivity (Wildman–Crippen MR) is 50.9 cm³/mol. The zero-order valence-corrected chi connectivity index (χ0v) is 8.12. The van der Waals surface area contributed by atoms with Crippen molar-refractivity contribution in [1.82, 2.24) is 15.3 Å². The molecule has 76 valence electrons. The summed E-state index contributed by atoms with van der Waals surface area (Å²) in [4.78, 5) is 13.4. The Hall–Kier alpha value is -0.650. The summed E-state index contributed by atoms with van der Waals surface area (Å²) in [5.74, 6) is 0.0204. The van der Waals surface area contributed by atoms with Crippen LogP contribution in [-0.4, -0.2) is 55.6 Å². The van der Waals surface area contributed by atoms with Crippen LogP contribution in [0.2, 0.25) is 0 Å². The van der Waals surface area contributed by atoms with Gasteiger partial charge in [-0.1, -0.05) is 0 Å². The third kappa shape index (κ3) is 3.71. The first kappa shape index (κ1) is 10.4. The van der Waals surface area contributed by atoms with Crippen LogP contribution in [0.15, 0.2) is 0 Å². The van der Waals surface area contributed by atoms with E-state index in [0.29, 0.717) is 13.0 Å². The summed E-state index contributed by atoms with van der Waals surface area (Å²) in [6.07, 6.45) is 0.409. The summed E-state index contributed by atoms with van der Waals surface area (Å²) >= 11 is 0. The molecule has 0 atom stereocenters. The molecule has 0 aliphatic carbocycles. The third-order valence-electron chi connectivity index (χ3n) is 2.16. The topological polar surface area (TPSA) is 61.6 Å². The second kappa shape index (κ2) is 5.16. The van der Waals surface area contributed by atoms with Crippen LogP contribution in [0.4, 0.5) is 0 Å². The van der Waals surface area contributed by atoms with Crippen molar-refractivity contribution < 1.29 is 4.79 Å². The molecule has 1 saturated heterocycles. The summed E-state index contributed by atoms with van der Waals surface area (Å²) in [5, 5.41) is 1.96. The maximum atomic E-state index is 11.1. The van der Waals surface area contributed by atoms with E-state index >= 15 is 0 Å². The van der Waals surface area contributed by atoms with Crippen molar-refractivity contribution in [3.63, 3.8) is 0 Å². The van der Waals surface area contributed by atoms with Crippen molar-refractivity contribution in [2.75, 3.05) is 39.8 Å². The van der Waals surface area contributed by atoms with Crippen LogP contribution in [0.25, 0.3) is 0 Å². The number of likely N-dealkylation sites (N-methyl/N-ethyl adjacent to an activating group) is 1. The normalized spacial score (nSPS) is 20.2. The van der Waals surface area contributed by atoms with E-state index in [2.05, 4.69) is 17.4 Å². The van der Waals surface area contributed by atoms with Gasteiger partial charge < -0.3 is 10.6 Å². The number of rotatable bonds is 3. The van der Waals surface area contributed by atoms with E-state index in [-0.39, 0.29) is 5.91 Å². The van der Waals surface area contributed by atoms with Crippen LogP contribution in [-0.2, 0) is 4.79 Å². The van der Waals surface area contributed by atoms with E-state index in [1.165, 1.54) is 0 Å². The van der Waals surface area contributed by atoms with Gasteiger partial charge in [-0.05, 0) is 7.05 Å². The predicted octanol–water partition coefficient (Wildman–Crippen LogP) is -1.39. The maximum absolute atomic E-state index is 11.1. The highest BCUT2D eigenvalue weighted by molar-refractivity contribution is 5.75. The molecule has 1 rings (SSSR count). The lowest BCUT2D eigenvalue weighted by atomic mass is 10.4. The van der Waals surface area contributed by atoms with E-state index in [9.17, 15) is 4.79 Å². The van der Waals surface area contributed by atoms with Crippen LogP contribution < -0.4 is 11.2 Å². The highest BCUT2D eigenvalue weighted by atomic mass is 16.2. The minimum atomic E-state index is 0.0204. The van der Waals surface area contributed by atoms with Gasteiger partial charge in [-0.2, -0.15) is 0 Å². The van der Waals surface area contributed by atoms with Crippen molar-refractivity contribution in [2.45, 2.75) is 6.42 Å². The smallest absolute Gasteiger partial charge is 0.235 e. The molecule has 13 heavy (non-hydrogen) atoms. The van der Waals surface area contributed by atoms with Gasteiger partial charge in [0.1, 0.15) is 0 Å². The Labute approximate surface area is 78.8 Å². The second-order valence-corrected chi connectivity index (χ2v) is 3.36. The number of nitrogens with zero attached hydrogens (tertiary/aromatic N) is 2. The van der Waals surface area contributed by atoms with Crippen LogP contribution in [0.5, 0.6) is 0 Å². The number of piperazine rings is 1. The van der Waals surface area contributed by atoms with Gasteiger partial charge in [0.15, 0.2) is 0 Å². The molecule has 0 bridgehead atoms. The Bertz CT molecular complexity index is 166. The Morgan fingerprint density at radius 2 is 2.00 bits per heavy atom. The molecule has 1 aliphatic heterocycles. The number of carbonyl (C=O) groups is 1. The number of hydrazine groups is 1. The van der Waals surface area contributed by atoms with Gasteiger partial charge in [-0.25, -0.2) is 5.01 Å². The van der Waals surface area contributed by atoms with E-state index < -0.39 is 0 Å². The summed E-state index contributed by atoms with van der Waals surface area (Å²) in [5.41, 5.74) is 8.10. The zero-order chi connectivity index (χ0) is 9.68. The average Bonchev–Trinajstić information content (AvgIpc) is 2.09. The first-order valence-corrected chi connectivity index (χ1v) is 4.65. The first-order chi connectivity index (χ1) is 6.22. The molecule has 5 nitrogen and oxygen atoms in total. The molecule has 1 fully saturated rings. The molecule has 0 radical (unpaired) electrons. The minimum absolute atomic E-state index is 0.0204. The van der Waals surface area contributed by atoms with E-state index in [1.54, 1.807) is 0 Å². The molecule has 0 aromatic rings. The average molecular weight is 186 g/mol. The monoisotopic (exact) mass is 186 g/mol. The fourth-order valence-electron chi connectivity index (χ4n) is 1.28. The lowest BCUT2D eigenvalue weighted by molar-refractivity contribution is -0.126. The molecular formula is C8H18N4O. The molecule has 0 unspecified atom stereocenters. The van der Waals surface area contributed by atoms with E-state index in [0.717, 1.165) is 26.2 Å². The van der Waals surface area contributed by atoms with Gasteiger partial charge in [0.25, 0.3) is 0 Å². The standard InChI is InChI=1S/C8H18N4O/c1-11-4-6-12(7-5-11)10-8(13)2-3-9/h2-7,9H2,1H3,(H,10,13). The van der Waals surface area contributed by atoms with Crippen LogP contribution in [0.1, 0.15) is 6.42 Å². The Kier molecular flexibility index (Phi) is 4.14. The molecule has 0 saturated carbocycles. The van der Waals surface area contributed by atoms with E-state index in [4.69, 9.17) is 5.73 Å². The second-order valence-electron chi connectivity index (χ2n) is 3.36. The highest BCUT2D eigenvalue weighted by Gasteiger charge is 2.14. The molecule has 0 aromatic carbocycles. The molecule has 0 aromatic heterocycles. The molecule has 5 heteroatoms. The maximum Gasteiger partial charge on any atom is 0.235 e. The van der Waals surface area contributed by atoms with E-state index in [1.807, 2.05) is 5.01 Å². The van der Waals surface area contributed by atoms with Crippen molar-refractivity contribution >= 4 is 5.91 Å². The van der Waals surface area contributed by atoms with Crippen LogP contribution in [0.3, 0.4) is 0 Å². The lowest BCUT2D eigenvalue weighted by Gasteiger charge is -2.32. The number of nitrogens with one attached hydrogen (secondary N) is 1. The molecule has 1 amide bonds. The minimum Gasteiger partial charge on any atom is -0.330 e. The van der Waals surface area contributed by atoms with Gasteiger partial charge in [-0.15, -0.1) is 0 Å². The van der Waals surface area contributed by atoms with Gasteiger partial charge in [-0.3, -0.25) is 10.2 Å². The number of hydrogen-bond acceptors (Lipinski definition) is 4. The molecule has 3 N–H and O–H groups in total. The van der Waals surface area contributed by atoms with Gasteiger partial charge in [0.2, 0.25) is 5.91 Å². The summed E-state index contributed by atoms with van der Waals surface area (Å²) in [6.45, 7) is 4.21. The SMILES string of the molecule is CN1CCN(NC(=O)CCN)CC1. The van der Waals surface area contributed by atoms with Crippen LogP contribution >= 0.6 is 0 Å². The summed E-state index contributed by atoms with van der Waals surface area (Å²) in [6, 6.07) is 0. The van der Waals surface area contributed by atoms with Gasteiger partial charge >= 0.3 is 0 Å². The zero-order valence-electron chi connectivity index (χ0n) is 8.12. The number of hydrogen-bond donors (Lipinski definition) is 2. The van der Waals surface area contributed by atoms with Crippen molar-refractivity contribution in [2.24, 2.45) is 5.73 Å². The first-order valence-electron chi connectivity index (χ1n) is 4.65. The Morgan fingerprint density at radius 3 is 2.54 bits per heavy atom. The van der Waals surface area contributed by atoms with Crippen molar-refractivity contribution in [3.05, 3.63) is 0 Å². The molecule has 1 heterocycles. The lowest BCUT2D eigenvalue weighted by Crippen LogP contribution is -2.52. The largest absolute Gasteiger partial charge is 0.330 e. The fraction of sp³-hybridized carbons (Fsp3) is 0.875. The van der Waals surface area contributed by atoms with Gasteiger partial charge in [0, 0.05) is 39.1 Å². The summed E-state index contributed by atoms with van der Waals surface area (Å²) in [7, 11) is 2.08. The number of carbonyl (C=O) groups excluding carboxylic acids is 1. The number of nitrogens with two attached hydrogens (primary N) is 1. The van der Waals surface area contributed by atoms with Crippen molar-refractivity contribution in [3.8, 4) is 0 Å². The quantitative estimate of drug-likeness (QED) is 0.570. The molecular weight excluding hydrogens is 168 g/mol. The number of amides is 1. The summed E-state index contributed by atoms with van der Waals surface area (Å²) < 4.78 is 0. The molecule has 0 spiro atoms. The van der Waals surface area contributed by atoms with Crippen LogP contribution in [0, 0.1) is 0 Å². The third-order valence-corrected chi connectivity index (χ3v) is 2.16. The highest BCUT2D eigenvalue weighted by Crippen LogP contribution is 1.95.